The molecule has 0 heterocycles. The number of hydrogen-bond acceptors (Lipinski definition) is 5. The van der Waals surface area contributed by atoms with Crippen molar-refractivity contribution in [3.05, 3.63) is 12.2 Å². The van der Waals surface area contributed by atoms with E-state index in [4.69, 9.17) is 14.5 Å². The summed E-state index contributed by atoms with van der Waals surface area (Å²) in [5.74, 6) is -0.545. The van der Waals surface area contributed by atoms with Crippen molar-refractivity contribution >= 4 is 19.7 Å². The predicted octanol–water partition coefficient (Wildman–Crippen LogP) is 0.400. The number of nitrogens with one attached hydrogen (secondary N) is 1. The Morgan fingerprint density at radius 3 is 2.42 bits per heavy atom. The fourth-order valence-corrected chi connectivity index (χ4v) is 1.45. The van der Waals surface area contributed by atoms with Crippen molar-refractivity contribution in [2.24, 2.45) is 0 Å². The van der Waals surface area contributed by atoms with Crippen LogP contribution in [0, 0.1) is 0 Å². The van der Waals surface area contributed by atoms with E-state index in [0.717, 1.165) is 0 Å². The molecule has 1 amide bonds. The van der Waals surface area contributed by atoms with Crippen LogP contribution < -0.4 is 5.32 Å². The summed E-state index contributed by atoms with van der Waals surface area (Å²) in [6.07, 6.45) is -1.00. The molecular formula is C10H18NO7P. The van der Waals surface area contributed by atoms with Crippen molar-refractivity contribution in [3.63, 3.8) is 0 Å². The second-order valence-electron chi connectivity index (χ2n) is 3.72. The fourth-order valence-electron chi connectivity index (χ4n) is 0.906. The Labute approximate surface area is 110 Å². The summed E-state index contributed by atoms with van der Waals surface area (Å²) in [5.41, 5.74) is 0.264. The molecule has 0 atom stereocenters. The molecule has 0 aliphatic rings. The lowest BCUT2D eigenvalue weighted by Gasteiger charge is -2.08. The topological polar surface area (TPSA) is 122 Å². The number of ether oxygens (including phenoxy) is 2. The van der Waals surface area contributed by atoms with Gasteiger partial charge in [-0.15, -0.1) is 0 Å². The minimum atomic E-state index is -4.05. The van der Waals surface area contributed by atoms with Gasteiger partial charge in [0.2, 0.25) is 0 Å². The Kier molecular flexibility index (Phi) is 8.06. The van der Waals surface area contributed by atoms with Crippen LogP contribution in [0.4, 0.5) is 4.79 Å². The Bertz CT molecular complexity index is 376. The molecule has 0 radical (unpaired) electrons. The van der Waals surface area contributed by atoms with Crippen LogP contribution >= 0.6 is 7.60 Å². The maximum atomic E-state index is 11.1. The first-order valence-electron chi connectivity index (χ1n) is 5.50. The first-order valence-corrected chi connectivity index (χ1v) is 7.30. The number of carbonyl (C=O) groups excluding carboxylic acids is 2. The summed E-state index contributed by atoms with van der Waals surface area (Å²) in [7, 11) is -4.05. The smallest absolute Gasteiger partial charge is 0.407 e. The Hall–Kier alpha value is -1.37. The largest absolute Gasteiger partial charge is 0.460 e. The van der Waals surface area contributed by atoms with Gasteiger partial charge in [-0.25, -0.2) is 9.59 Å². The summed E-state index contributed by atoms with van der Waals surface area (Å²) < 4.78 is 19.8. The SMILES string of the molecule is C=C(C)C(=O)OCCNC(=O)OCCCP(=O)(O)O. The van der Waals surface area contributed by atoms with Gasteiger partial charge in [0.15, 0.2) is 0 Å². The van der Waals surface area contributed by atoms with Crippen molar-refractivity contribution in [1.82, 2.24) is 5.32 Å². The monoisotopic (exact) mass is 295 g/mol. The zero-order chi connectivity index (χ0) is 14.9. The molecule has 0 aromatic rings. The Morgan fingerprint density at radius 1 is 1.26 bits per heavy atom. The minimum absolute atomic E-state index is 0.0106. The van der Waals surface area contributed by atoms with Crippen LogP contribution in [-0.2, 0) is 18.8 Å². The van der Waals surface area contributed by atoms with Crippen LogP contribution in [-0.4, -0.2) is 47.8 Å². The van der Waals surface area contributed by atoms with Crippen LogP contribution in [0.5, 0.6) is 0 Å². The lowest BCUT2D eigenvalue weighted by molar-refractivity contribution is -0.138. The highest BCUT2D eigenvalue weighted by molar-refractivity contribution is 7.51. The first-order chi connectivity index (χ1) is 8.72. The molecule has 0 aliphatic heterocycles. The van der Waals surface area contributed by atoms with Crippen LogP contribution in [0.15, 0.2) is 12.2 Å². The number of hydrogen-bond donors (Lipinski definition) is 3. The molecule has 19 heavy (non-hydrogen) atoms. The molecule has 0 aromatic heterocycles. The Balaban J connectivity index is 3.53. The number of alkyl carbamates (subject to hydrolysis) is 1. The van der Waals surface area contributed by atoms with Crippen LogP contribution in [0.25, 0.3) is 0 Å². The molecule has 0 spiro atoms. The van der Waals surface area contributed by atoms with Gasteiger partial charge in [0.25, 0.3) is 0 Å². The molecule has 0 rings (SSSR count). The van der Waals surface area contributed by atoms with Crippen molar-refractivity contribution < 1.29 is 33.4 Å². The summed E-state index contributed by atoms with van der Waals surface area (Å²) in [6, 6.07) is 0. The molecule has 0 saturated carbocycles. The predicted molar refractivity (Wildman–Crippen MR) is 66.7 cm³/mol. The second kappa shape index (κ2) is 8.68. The average Bonchev–Trinajstić information content (AvgIpc) is 2.28. The molecule has 0 bridgehead atoms. The molecule has 0 fully saturated rings. The highest BCUT2D eigenvalue weighted by Crippen LogP contribution is 2.34. The van der Waals surface area contributed by atoms with E-state index in [2.05, 4.69) is 16.6 Å². The molecule has 0 unspecified atom stereocenters. The number of carbonyl (C=O) groups is 2. The lowest BCUT2D eigenvalue weighted by Crippen LogP contribution is -2.29. The van der Waals surface area contributed by atoms with Gasteiger partial charge in [0.1, 0.15) is 6.61 Å². The van der Waals surface area contributed by atoms with E-state index < -0.39 is 19.7 Å². The van der Waals surface area contributed by atoms with E-state index in [0.29, 0.717) is 0 Å². The summed E-state index contributed by atoms with van der Waals surface area (Å²) >= 11 is 0. The third kappa shape index (κ3) is 11.5. The van der Waals surface area contributed by atoms with Gasteiger partial charge >= 0.3 is 19.7 Å². The minimum Gasteiger partial charge on any atom is -0.460 e. The van der Waals surface area contributed by atoms with Crippen molar-refractivity contribution in [2.75, 3.05) is 25.9 Å². The van der Waals surface area contributed by atoms with Crippen molar-refractivity contribution in [2.45, 2.75) is 13.3 Å². The van der Waals surface area contributed by atoms with Gasteiger partial charge in [-0.05, 0) is 13.3 Å². The second-order valence-corrected chi connectivity index (χ2v) is 5.50. The zero-order valence-electron chi connectivity index (χ0n) is 10.6. The van der Waals surface area contributed by atoms with E-state index in [1.165, 1.54) is 6.92 Å². The maximum absolute atomic E-state index is 11.1. The molecule has 0 aliphatic carbocycles. The van der Waals surface area contributed by atoms with Crippen molar-refractivity contribution in [3.8, 4) is 0 Å². The van der Waals surface area contributed by atoms with Gasteiger partial charge < -0.3 is 24.6 Å². The molecule has 8 nitrogen and oxygen atoms in total. The van der Waals surface area contributed by atoms with E-state index in [-0.39, 0.29) is 37.9 Å². The third-order valence-electron chi connectivity index (χ3n) is 1.78. The zero-order valence-corrected chi connectivity index (χ0v) is 11.5. The van der Waals surface area contributed by atoms with Gasteiger partial charge in [-0.1, -0.05) is 6.58 Å². The third-order valence-corrected chi connectivity index (χ3v) is 2.68. The van der Waals surface area contributed by atoms with Gasteiger partial charge in [-0.3, -0.25) is 4.57 Å². The molecule has 110 valence electrons. The summed E-state index contributed by atoms with van der Waals surface area (Å²) in [6.45, 7) is 4.87. The number of amides is 1. The average molecular weight is 295 g/mol. The van der Waals surface area contributed by atoms with Gasteiger partial charge in [0.05, 0.1) is 19.3 Å². The fraction of sp³-hybridized carbons (Fsp3) is 0.600. The highest BCUT2D eigenvalue weighted by Gasteiger charge is 2.12. The molecule has 9 heteroatoms. The molecule has 0 aromatic carbocycles. The lowest BCUT2D eigenvalue weighted by atomic mass is 10.4. The number of rotatable bonds is 8. The van der Waals surface area contributed by atoms with Crippen LogP contribution in [0.3, 0.4) is 0 Å². The molecular weight excluding hydrogens is 277 g/mol. The van der Waals surface area contributed by atoms with Gasteiger partial charge in [-0.2, -0.15) is 0 Å². The summed E-state index contributed by atoms with van der Waals surface area (Å²) in [5, 5.41) is 2.31. The molecule has 0 saturated heterocycles. The molecule has 3 N–H and O–H groups in total. The number of esters is 1. The van der Waals surface area contributed by atoms with E-state index >= 15 is 0 Å². The standard InChI is InChI=1S/C10H18NO7P/c1-8(2)9(12)17-6-4-11-10(13)18-5-3-7-19(14,15)16/h1,3-7H2,2H3,(H,11,13)(H2,14,15,16). The van der Waals surface area contributed by atoms with Crippen LogP contribution in [0.2, 0.25) is 0 Å². The Morgan fingerprint density at radius 2 is 1.89 bits per heavy atom. The first kappa shape index (κ1) is 17.6. The van der Waals surface area contributed by atoms with E-state index in [1.54, 1.807) is 0 Å². The van der Waals surface area contributed by atoms with Crippen LogP contribution in [0.1, 0.15) is 13.3 Å². The normalized spacial score (nSPS) is 10.7. The quantitative estimate of drug-likeness (QED) is 0.256. The van der Waals surface area contributed by atoms with Crippen molar-refractivity contribution in [1.29, 1.82) is 0 Å². The van der Waals surface area contributed by atoms with E-state index in [9.17, 15) is 14.2 Å². The van der Waals surface area contributed by atoms with E-state index in [1.807, 2.05) is 0 Å². The highest BCUT2D eigenvalue weighted by atomic mass is 31.2. The summed E-state index contributed by atoms with van der Waals surface area (Å²) in [4.78, 5) is 39.1. The maximum Gasteiger partial charge on any atom is 0.407 e. The van der Waals surface area contributed by atoms with Gasteiger partial charge in [0, 0.05) is 5.57 Å².